The summed E-state index contributed by atoms with van der Waals surface area (Å²) in [5, 5.41) is 3.02. The summed E-state index contributed by atoms with van der Waals surface area (Å²) >= 11 is 0. The molecule has 2 aromatic carbocycles. The lowest BCUT2D eigenvalue weighted by Crippen LogP contribution is -2.34. The highest BCUT2D eigenvalue weighted by molar-refractivity contribution is 5.85. The molecule has 0 saturated carbocycles. The van der Waals surface area contributed by atoms with E-state index in [1.807, 2.05) is 37.3 Å². The molecule has 3 rings (SSSR count). The molecule has 0 bridgehead atoms. The van der Waals surface area contributed by atoms with E-state index in [0.29, 0.717) is 6.54 Å². The first-order valence-corrected chi connectivity index (χ1v) is 10.0. The molecule has 1 atom stereocenters. The first-order valence-electron chi connectivity index (χ1n) is 10.0. The minimum atomic E-state index is -0.636. The number of nitrogens with one attached hydrogen (secondary N) is 1. The van der Waals surface area contributed by atoms with Gasteiger partial charge in [0.05, 0.1) is 0 Å². The maximum atomic E-state index is 12.5. The van der Waals surface area contributed by atoms with E-state index in [9.17, 15) is 4.79 Å². The van der Waals surface area contributed by atoms with Crippen molar-refractivity contribution in [2.75, 3.05) is 13.1 Å². The number of amides is 1. The number of nitrogens with zero attached hydrogens (tertiary/aromatic N) is 1. The van der Waals surface area contributed by atoms with Crippen LogP contribution in [0.2, 0.25) is 0 Å². The minimum absolute atomic E-state index is 0. The summed E-state index contributed by atoms with van der Waals surface area (Å²) in [4.78, 5) is 15.0. The van der Waals surface area contributed by atoms with Crippen LogP contribution in [0.3, 0.4) is 0 Å². The van der Waals surface area contributed by atoms with Crippen LogP contribution in [-0.4, -0.2) is 23.9 Å². The highest BCUT2D eigenvalue weighted by Crippen LogP contribution is 2.17. The second-order valence-corrected chi connectivity index (χ2v) is 7.57. The zero-order valence-electron chi connectivity index (χ0n) is 17.1. The molecular weight excluding hydrogens is 405 g/mol. The third-order valence-electron chi connectivity index (χ3n) is 5.38. The lowest BCUT2D eigenvalue weighted by atomic mass is 10.0. The largest absolute Gasteiger partial charge is 0.350 e. The van der Waals surface area contributed by atoms with Crippen LogP contribution >= 0.6 is 24.8 Å². The van der Waals surface area contributed by atoms with Crippen LogP contribution in [0.25, 0.3) is 0 Å². The number of aryl methyl sites for hydroxylation is 1. The molecule has 1 fully saturated rings. The van der Waals surface area contributed by atoms with Gasteiger partial charge in [-0.2, -0.15) is 0 Å². The number of rotatable bonds is 6. The predicted molar refractivity (Wildman–Crippen MR) is 125 cm³/mol. The van der Waals surface area contributed by atoms with Crippen molar-refractivity contribution in [1.82, 2.24) is 10.2 Å². The topological polar surface area (TPSA) is 58.4 Å². The molecule has 1 unspecified atom stereocenters. The van der Waals surface area contributed by atoms with Crippen LogP contribution in [0.15, 0.2) is 48.5 Å². The molecule has 2 aromatic rings. The number of nitrogens with two attached hydrogens (primary N) is 1. The summed E-state index contributed by atoms with van der Waals surface area (Å²) in [6, 6.07) is 15.6. The van der Waals surface area contributed by atoms with Gasteiger partial charge in [-0.15, -0.1) is 24.8 Å². The number of halogens is 2. The number of benzene rings is 2. The Bertz CT molecular complexity index is 744. The van der Waals surface area contributed by atoms with Gasteiger partial charge in [0.25, 0.3) is 0 Å². The van der Waals surface area contributed by atoms with Crippen molar-refractivity contribution in [3.05, 3.63) is 70.8 Å². The lowest BCUT2D eigenvalue weighted by molar-refractivity contribution is -0.122. The van der Waals surface area contributed by atoms with Crippen molar-refractivity contribution in [1.29, 1.82) is 0 Å². The number of hydrogen-bond acceptors (Lipinski definition) is 3. The fourth-order valence-electron chi connectivity index (χ4n) is 3.64. The highest BCUT2D eigenvalue weighted by atomic mass is 35.5. The molecule has 29 heavy (non-hydrogen) atoms. The van der Waals surface area contributed by atoms with Gasteiger partial charge in [0.2, 0.25) is 5.91 Å². The SMILES string of the molecule is Cc1ccc(C(N)C(=O)NCc2ccccc2CN2CCCCCC2)cc1.Cl.Cl. The van der Waals surface area contributed by atoms with Gasteiger partial charge in [-0.05, 0) is 49.5 Å². The number of likely N-dealkylation sites (tertiary alicyclic amines) is 1. The molecule has 0 aromatic heterocycles. The lowest BCUT2D eigenvalue weighted by Gasteiger charge is -2.22. The summed E-state index contributed by atoms with van der Waals surface area (Å²) in [5.41, 5.74) is 10.6. The average Bonchev–Trinajstić information content (AvgIpc) is 2.96. The summed E-state index contributed by atoms with van der Waals surface area (Å²) < 4.78 is 0. The third-order valence-corrected chi connectivity index (χ3v) is 5.38. The van der Waals surface area contributed by atoms with E-state index in [1.54, 1.807) is 0 Å². The maximum Gasteiger partial charge on any atom is 0.241 e. The Balaban J connectivity index is 0.00000210. The van der Waals surface area contributed by atoms with Crippen LogP contribution in [-0.2, 0) is 17.9 Å². The van der Waals surface area contributed by atoms with Crippen molar-refractivity contribution < 1.29 is 4.79 Å². The molecule has 4 nitrogen and oxygen atoms in total. The van der Waals surface area contributed by atoms with Crippen molar-refractivity contribution in [2.45, 2.75) is 51.7 Å². The number of hydrogen-bond donors (Lipinski definition) is 2. The Kier molecular flexibility index (Phi) is 11.3. The summed E-state index contributed by atoms with van der Waals surface area (Å²) in [5.74, 6) is -0.136. The van der Waals surface area contributed by atoms with Crippen molar-refractivity contribution >= 4 is 30.7 Å². The van der Waals surface area contributed by atoms with Gasteiger partial charge in [0, 0.05) is 13.1 Å². The van der Waals surface area contributed by atoms with E-state index < -0.39 is 6.04 Å². The Hall–Kier alpha value is -1.59. The van der Waals surface area contributed by atoms with Gasteiger partial charge in [-0.3, -0.25) is 9.69 Å². The molecule has 1 aliphatic rings. The Labute approximate surface area is 187 Å². The molecule has 6 heteroatoms. The van der Waals surface area contributed by atoms with E-state index in [2.05, 4.69) is 28.4 Å². The first kappa shape index (κ1) is 25.4. The van der Waals surface area contributed by atoms with E-state index in [1.165, 1.54) is 49.9 Å². The normalized spacial score (nSPS) is 15.4. The van der Waals surface area contributed by atoms with Gasteiger partial charge < -0.3 is 11.1 Å². The predicted octanol–water partition coefficient (Wildman–Crippen LogP) is 4.53. The molecule has 0 radical (unpaired) electrons. The number of carbonyl (C=O) groups is 1. The molecule has 1 aliphatic heterocycles. The van der Waals surface area contributed by atoms with Gasteiger partial charge in [0.1, 0.15) is 6.04 Å². The second kappa shape index (κ2) is 12.9. The zero-order valence-corrected chi connectivity index (χ0v) is 18.7. The van der Waals surface area contributed by atoms with Gasteiger partial charge >= 0.3 is 0 Å². The summed E-state index contributed by atoms with van der Waals surface area (Å²) in [6.07, 6.45) is 5.24. The Morgan fingerprint density at radius 2 is 1.55 bits per heavy atom. The van der Waals surface area contributed by atoms with Crippen molar-refractivity contribution in [3.8, 4) is 0 Å². The molecule has 3 N–H and O–H groups in total. The number of carbonyl (C=O) groups excluding carboxylic acids is 1. The van der Waals surface area contributed by atoms with Crippen molar-refractivity contribution in [3.63, 3.8) is 0 Å². The van der Waals surface area contributed by atoms with Gasteiger partial charge in [0.15, 0.2) is 0 Å². The van der Waals surface area contributed by atoms with Crippen LogP contribution in [0.5, 0.6) is 0 Å². The van der Waals surface area contributed by atoms with Crippen molar-refractivity contribution in [2.24, 2.45) is 5.73 Å². The first-order chi connectivity index (χ1) is 13.1. The summed E-state index contributed by atoms with van der Waals surface area (Å²) in [6.45, 7) is 5.83. The average molecular weight is 438 g/mol. The molecule has 0 spiro atoms. The van der Waals surface area contributed by atoms with Crippen LogP contribution < -0.4 is 11.1 Å². The monoisotopic (exact) mass is 437 g/mol. The third kappa shape index (κ3) is 7.63. The smallest absolute Gasteiger partial charge is 0.241 e. The molecule has 1 saturated heterocycles. The highest BCUT2D eigenvalue weighted by Gasteiger charge is 2.16. The standard InChI is InChI=1S/C23H31N3O.2ClH/c1-18-10-12-19(13-11-18)22(24)23(27)25-16-20-8-4-5-9-21(20)17-26-14-6-2-3-7-15-26;;/h4-5,8-13,22H,2-3,6-7,14-17,24H2,1H3,(H,25,27);2*1H. The van der Waals surface area contributed by atoms with Crippen LogP contribution in [0.1, 0.15) is 54.0 Å². The fraction of sp³-hybridized carbons (Fsp3) is 0.435. The Morgan fingerprint density at radius 3 is 2.17 bits per heavy atom. The van der Waals surface area contributed by atoms with E-state index in [-0.39, 0.29) is 30.7 Å². The van der Waals surface area contributed by atoms with Crippen LogP contribution in [0, 0.1) is 6.92 Å². The summed E-state index contributed by atoms with van der Waals surface area (Å²) in [7, 11) is 0. The van der Waals surface area contributed by atoms with E-state index >= 15 is 0 Å². The molecular formula is C23H33Cl2N3O. The van der Waals surface area contributed by atoms with Gasteiger partial charge in [-0.1, -0.05) is 66.9 Å². The van der Waals surface area contributed by atoms with Gasteiger partial charge in [-0.25, -0.2) is 0 Å². The molecule has 0 aliphatic carbocycles. The fourth-order valence-corrected chi connectivity index (χ4v) is 3.64. The minimum Gasteiger partial charge on any atom is -0.350 e. The van der Waals surface area contributed by atoms with E-state index in [4.69, 9.17) is 5.73 Å². The van der Waals surface area contributed by atoms with Crippen LogP contribution in [0.4, 0.5) is 0 Å². The Morgan fingerprint density at radius 1 is 0.966 bits per heavy atom. The van der Waals surface area contributed by atoms with E-state index in [0.717, 1.165) is 17.7 Å². The maximum absolute atomic E-state index is 12.5. The molecule has 1 amide bonds. The zero-order chi connectivity index (χ0) is 19.1. The quantitative estimate of drug-likeness (QED) is 0.697. The second-order valence-electron chi connectivity index (χ2n) is 7.57. The molecule has 160 valence electrons. The molecule has 1 heterocycles.